The van der Waals surface area contributed by atoms with Gasteiger partial charge in [0.2, 0.25) is 0 Å². The highest BCUT2D eigenvalue weighted by atomic mass is 19.4. The van der Waals surface area contributed by atoms with Crippen molar-refractivity contribution in [3.8, 4) is 0 Å². The van der Waals surface area contributed by atoms with Crippen LogP contribution in [0.15, 0.2) is 42.6 Å². The molecule has 1 aliphatic heterocycles. The van der Waals surface area contributed by atoms with Gasteiger partial charge < -0.3 is 10.1 Å². The molecule has 0 saturated carbocycles. The molecule has 0 fully saturated rings. The highest BCUT2D eigenvalue weighted by molar-refractivity contribution is 5.94. The third kappa shape index (κ3) is 4.70. The molecule has 1 atom stereocenters. The minimum atomic E-state index is -4.38. The number of alkyl halides is 3. The molecule has 178 valence electrons. The first kappa shape index (κ1) is 22.6. The fourth-order valence-electron chi connectivity index (χ4n) is 4.75. The number of ether oxygens (including phenoxy) is 1. The Morgan fingerprint density at radius 1 is 1.18 bits per heavy atom. The van der Waals surface area contributed by atoms with Crippen LogP contribution >= 0.6 is 0 Å². The smallest absolute Gasteiger partial charge is 0.373 e. The summed E-state index contributed by atoms with van der Waals surface area (Å²) in [6, 6.07) is 9.37. The molecule has 34 heavy (non-hydrogen) atoms. The number of nitrogens with zero attached hydrogens (tertiary/aromatic N) is 3. The van der Waals surface area contributed by atoms with Crippen LogP contribution in [-0.2, 0) is 49.7 Å². The Bertz CT molecular complexity index is 1190. The van der Waals surface area contributed by atoms with Crippen LogP contribution in [0.3, 0.4) is 0 Å². The Labute approximate surface area is 195 Å². The van der Waals surface area contributed by atoms with Crippen molar-refractivity contribution in [1.29, 1.82) is 0 Å². The zero-order valence-corrected chi connectivity index (χ0v) is 18.6. The van der Waals surface area contributed by atoms with Gasteiger partial charge in [-0.3, -0.25) is 14.5 Å². The first-order valence-electron chi connectivity index (χ1n) is 11.4. The molecule has 3 heterocycles. The lowest BCUT2D eigenvalue weighted by Gasteiger charge is -2.26. The lowest BCUT2D eigenvalue weighted by Crippen LogP contribution is -2.39. The van der Waals surface area contributed by atoms with Crippen LogP contribution in [0, 0.1) is 0 Å². The van der Waals surface area contributed by atoms with E-state index in [0.717, 1.165) is 28.6 Å². The first-order chi connectivity index (χ1) is 16.4. The maximum atomic E-state index is 13.3. The van der Waals surface area contributed by atoms with Crippen LogP contribution in [0.5, 0.6) is 0 Å². The van der Waals surface area contributed by atoms with E-state index >= 15 is 0 Å². The van der Waals surface area contributed by atoms with E-state index < -0.39 is 11.7 Å². The average Bonchev–Trinajstić information content (AvgIpc) is 3.21. The van der Waals surface area contributed by atoms with E-state index in [4.69, 9.17) is 4.74 Å². The topological polar surface area (TPSA) is 69.0 Å². The number of nitrogens with one attached hydrogen (secondary N) is 1. The van der Waals surface area contributed by atoms with Gasteiger partial charge >= 0.3 is 6.18 Å². The predicted octanol–water partition coefficient (Wildman–Crippen LogP) is 3.90. The van der Waals surface area contributed by atoms with Gasteiger partial charge in [-0.2, -0.15) is 18.3 Å². The number of amides is 1. The Hall–Kier alpha value is -3.20. The van der Waals surface area contributed by atoms with Crippen LogP contribution in [0.2, 0.25) is 0 Å². The van der Waals surface area contributed by atoms with Crippen molar-refractivity contribution in [3.05, 3.63) is 81.9 Å². The largest absolute Gasteiger partial charge is 0.416 e. The van der Waals surface area contributed by atoms with Crippen molar-refractivity contribution < 1.29 is 22.7 Å². The van der Waals surface area contributed by atoms with E-state index in [1.54, 1.807) is 12.3 Å². The Kier molecular flexibility index (Phi) is 6.12. The molecule has 1 aliphatic carbocycles. The van der Waals surface area contributed by atoms with Crippen molar-refractivity contribution in [1.82, 2.24) is 20.1 Å². The quantitative estimate of drug-likeness (QED) is 0.614. The van der Waals surface area contributed by atoms with E-state index in [9.17, 15) is 18.0 Å². The summed E-state index contributed by atoms with van der Waals surface area (Å²) >= 11 is 0. The minimum absolute atomic E-state index is 0.248. The number of benzene rings is 1. The summed E-state index contributed by atoms with van der Waals surface area (Å²) in [5.74, 6) is -0.293. The second-order valence-electron chi connectivity index (χ2n) is 8.77. The van der Waals surface area contributed by atoms with Gasteiger partial charge in [-0.25, -0.2) is 0 Å². The minimum Gasteiger partial charge on any atom is -0.373 e. The van der Waals surface area contributed by atoms with Crippen LogP contribution in [-0.4, -0.2) is 33.3 Å². The van der Waals surface area contributed by atoms with Crippen LogP contribution < -0.4 is 5.32 Å². The zero-order chi connectivity index (χ0) is 23.7. The molecule has 6 nitrogen and oxygen atoms in total. The van der Waals surface area contributed by atoms with E-state index in [2.05, 4.69) is 15.4 Å². The van der Waals surface area contributed by atoms with Gasteiger partial charge in [-0.15, -0.1) is 0 Å². The molecule has 1 N–H and O–H groups in total. The molecule has 0 saturated heterocycles. The van der Waals surface area contributed by atoms with Crippen molar-refractivity contribution in [2.75, 3.05) is 6.61 Å². The second kappa shape index (κ2) is 9.21. The summed E-state index contributed by atoms with van der Waals surface area (Å²) in [7, 11) is 0. The highest BCUT2D eigenvalue weighted by Crippen LogP contribution is 2.33. The van der Waals surface area contributed by atoms with Crippen molar-refractivity contribution in [2.45, 2.75) is 57.5 Å². The van der Waals surface area contributed by atoms with Crippen LogP contribution in [0.1, 0.15) is 50.6 Å². The molecule has 5 rings (SSSR count). The number of rotatable bonds is 5. The van der Waals surface area contributed by atoms with Gasteiger partial charge in [0.25, 0.3) is 5.91 Å². The van der Waals surface area contributed by atoms with Gasteiger partial charge in [-0.1, -0.05) is 12.1 Å². The average molecular weight is 470 g/mol. The number of hydrogen-bond acceptors (Lipinski definition) is 4. The second-order valence-corrected chi connectivity index (χ2v) is 8.77. The molecule has 0 spiro atoms. The van der Waals surface area contributed by atoms with Gasteiger partial charge in [-0.05, 0) is 67.5 Å². The summed E-state index contributed by atoms with van der Waals surface area (Å²) in [4.78, 5) is 17.6. The standard InChI is InChI=1S/C25H25F3N4O2/c26-25(27,28)18-6-4-16-5-7-20(14-17(16)13-18)30-24(33)23-21(9-8-19-3-1-2-10-29-19)22-15-34-12-11-32(22)31-23/h1-4,6,10,13,20H,5,7-9,11-12,14-15H2,(H,30,33)/t20-/m0/s1. The third-order valence-corrected chi connectivity index (χ3v) is 6.52. The van der Waals surface area contributed by atoms with E-state index in [0.29, 0.717) is 63.1 Å². The Morgan fingerprint density at radius 2 is 2.06 bits per heavy atom. The molecule has 0 bridgehead atoms. The first-order valence-corrected chi connectivity index (χ1v) is 11.4. The molecule has 3 aromatic rings. The molecular weight excluding hydrogens is 445 g/mol. The highest BCUT2D eigenvalue weighted by Gasteiger charge is 2.32. The predicted molar refractivity (Wildman–Crippen MR) is 118 cm³/mol. The van der Waals surface area contributed by atoms with Crippen LogP contribution in [0.4, 0.5) is 13.2 Å². The number of carbonyl (C=O) groups excluding carboxylic acids is 1. The van der Waals surface area contributed by atoms with E-state index in [-0.39, 0.29) is 11.9 Å². The summed E-state index contributed by atoms with van der Waals surface area (Å²) in [5, 5.41) is 7.60. The molecule has 0 radical (unpaired) electrons. The molecule has 9 heteroatoms. The maximum absolute atomic E-state index is 13.3. The van der Waals surface area contributed by atoms with Gasteiger partial charge in [0.1, 0.15) is 0 Å². The molecular formula is C25H25F3N4O2. The number of fused-ring (bicyclic) bond motifs is 2. The summed E-state index contributed by atoms with van der Waals surface area (Å²) in [6.45, 7) is 1.52. The van der Waals surface area contributed by atoms with Gasteiger partial charge in [0.15, 0.2) is 5.69 Å². The number of hydrogen-bond donors (Lipinski definition) is 1. The van der Waals surface area contributed by atoms with E-state index in [1.165, 1.54) is 6.07 Å². The number of carbonyl (C=O) groups is 1. The summed E-state index contributed by atoms with van der Waals surface area (Å²) < 4.78 is 46.9. The lowest BCUT2D eigenvalue weighted by atomic mass is 9.87. The zero-order valence-electron chi connectivity index (χ0n) is 18.6. The Balaban J connectivity index is 1.34. The molecule has 1 amide bonds. The van der Waals surface area contributed by atoms with Crippen molar-refractivity contribution >= 4 is 5.91 Å². The van der Waals surface area contributed by atoms with Crippen molar-refractivity contribution in [3.63, 3.8) is 0 Å². The molecule has 0 unspecified atom stereocenters. The van der Waals surface area contributed by atoms with Gasteiger partial charge in [0.05, 0.1) is 31.0 Å². The number of aryl methyl sites for hydroxylation is 2. The summed E-state index contributed by atoms with van der Waals surface area (Å²) in [5.41, 5.74) is 3.93. The molecule has 2 aliphatic rings. The molecule has 1 aromatic carbocycles. The number of aromatic nitrogens is 3. The monoisotopic (exact) mass is 470 g/mol. The van der Waals surface area contributed by atoms with Gasteiger partial charge in [0, 0.05) is 23.5 Å². The fourth-order valence-corrected chi connectivity index (χ4v) is 4.75. The molecule has 2 aromatic heterocycles. The van der Waals surface area contributed by atoms with E-state index in [1.807, 2.05) is 22.9 Å². The van der Waals surface area contributed by atoms with Crippen LogP contribution in [0.25, 0.3) is 0 Å². The number of halogens is 3. The Morgan fingerprint density at radius 3 is 2.85 bits per heavy atom. The maximum Gasteiger partial charge on any atom is 0.416 e. The third-order valence-electron chi connectivity index (χ3n) is 6.52. The van der Waals surface area contributed by atoms with Crippen molar-refractivity contribution in [2.24, 2.45) is 0 Å². The number of pyridine rings is 1. The lowest BCUT2D eigenvalue weighted by molar-refractivity contribution is -0.137. The SMILES string of the molecule is O=C(N[C@H]1CCc2ccc(C(F)(F)F)cc2C1)c1nn2c(c1CCc1ccccn1)COCC2. The summed E-state index contributed by atoms with van der Waals surface area (Å²) in [6.07, 6.45) is 0.279. The fraction of sp³-hybridized carbons (Fsp3) is 0.400. The normalized spacial score (nSPS) is 17.7.